The van der Waals surface area contributed by atoms with Gasteiger partial charge in [0, 0.05) is 12.4 Å². The molecule has 2 aromatic rings. The van der Waals surface area contributed by atoms with Crippen molar-refractivity contribution in [3.8, 4) is 0 Å². The van der Waals surface area contributed by atoms with Gasteiger partial charge in [-0.15, -0.1) is 0 Å². The summed E-state index contributed by atoms with van der Waals surface area (Å²) in [7, 11) is 0. The second-order valence-corrected chi connectivity index (χ2v) is 5.23. The first kappa shape index (κ1) is 13.7. The molecular formula is C14H15FN4O2. The van der Waals surface area contributed by atoms with Crippen LogP contribution in [0, 0.1) is 12.7 Å². The Morgan fingerprint density at radius 2 is 2.33 bits per heavy atom. The molecule has 1 aliphatic rings. The van der Waals surface area contributed by atoms with Crippen molar-refractivity contribution in [2.75, 3.05) is 0 Å². The standard InChI is InChI=1S/C14H15FN4O2/c1-8-5-17-19(7-8)13-11(4-12(13)20)18-14(21)9-2-3-16-6-10(9)15/h2-3,5-7,11-13,20H,4H2,1H3,(H,18,21)/t11-,12+,13+/m0/s1. The molecule has 1 aliphatic carbocycles. The van der Waals surface area contributed by atoms with E-state index in [1.165, 1.54) is 12.3 Å². The largest absolute Gasteiger partial charge is 0.391 e. The fourth-order valence-electron chi connectivity index (χ4n) is 2.52. The summed E-state index contributed by atoms with van der Waals surface area (Å²) in [6.45, 7) is 1.90. The van der Waals surface area contributed by atoms with Gasteiger partial charge in [-0.05, 0) is 25.0 Å². The number of nitrogens with zero attached hydrogens (tertiary/aromatic N) is 3. The molecule has 0 spiro atoms. The Kier molecular flexibility index (Phi) is 3.42. The Hall–Kier alpha value is -2.28. The number of aryl methyl sites for hydroxylation is 1. The van der Waals surface area contributed by atoms with Gasteiger partial charge in [0.15, 0.2) is 5.82 Å². The second-order valence-electron chi connectivity index (χ2n) is 5.23. The van der Waals surface area contributed by atoms with Crippen LogP contribution in [-0.4, -0.2) is 37.9 Å². The van der Waals surface area contributed by atoms with Gasteiger partial charge in [0.1, 0.15) is 0 Å². The maximum Gasteiger partial charge on any atom is 0.254 e. The summed E-state index contributed by atoms with van der Waals surface area (Å²) < 4.78 is 15.2. The maximum atomic E-state index is 13.5. The van der Waals surface area contributed by atoms with E-state index in [9.17, 15) is 14.3 Å². The first-order chi connectivity index (χ1) is 10.1. The summed E-state index contributed by atoms with van der Waals surface area (Å²) in [6, 6.07) is 0.722. The minimum atomic E-state index is -0.665. The average molecular weight is 290 g/mol. The molecule has 0 aromatic carbocycles. The number of carbonyl (C=O) groups excluding carboxylic acids is 1. The first-order valence-corrected chi connectivity index (χ1v) is 6.65. The van der Waals surface area contributed by atoms with Crippen LogP contribution in [0.15, 0.2) is 30.9 Å². The minimum Gasteiger partial charge on any atom is -0.391 e. The quantitative estimate of drug-likeness (QED) is 0.877. The van der Waals surface area contributed by atoms with Crippen LogP contribution in [0.5, 0.6) is 0 Å². The van der Waals surface area contributed by atoms with E-state index in [2.05, 4.69) is 15.4 Å². The normalized spacial score (nSPS) is 24.4. The SMILES string of the molecule is Cc1cnn([C@H]2[C@H](O)C[C@@H]2NC(=O)c2ccncc2F)c1. The molecular weight excluding hydrogens is 275 g/mol. The molecule has 1 saturated carbocycles. The van der Waals surface area contributed by atoms with Gasteiger partial charge in [-0.3, -0.25) is 14.5 Å². The molecule has 0 saturated heterocycles. The fraction of sp³-hybridized carbons (Fsp3) is 0.357. The lowest BCUT2D eigenvalue weighted by Gasteiger charge is -2.41. The van der Waals surface area contributed by atoms with Crippen molar-refractivity contribution in [1.29, 1.82) is 0 Å². The summed E-state index contributed by atoms with van der Waals surface area (Å²) in [5, 5.41) is 16.8. The smallest absolute Gasteiger partial charge is 0.254 e. The van der Waals surface area contributed by atoms with Crippen LogP contribution < -0.4 is 5.32 Å². The molecule has 1 fully saturated rings. The van der Waals surface area contributed by atoms with E-state index in [-0.39, 0.29) is 17.6 Å². The highest BCUT2D eigenvalue weighted by Crippen LogP contribution is 2.32. The average Bonchev–Trinajstić information content (AvgIpc) is 2.84. The van der Waals surface area contributed by atoms with E-state index in [1.54, 1.807) is 17.1 Å². The Balaban J connectivity index is 1.73. The Morgan fingerprint density at radius 1 is 1.52 bits per heavy atom. The van der Waals surface area contributed by atoms with Crippen molar-refractivity contribution < 1.29 is 14.3 Å². The lowest BCUT2D eigenvalue weighted by molar-refractivity contribution is -0.00594. The fourth-order valence-corrected chi connectivity index (χ4v) is 2.52. The molecule has 3 rings (SSSR count). The van der Waals surface area contributed by atoms with Crippen molar-refractivity contribution in [3.63, 3.8) is 0 Å². The van der Waals surface area contributed by atoms with Crippen LogP contribution >= 0.6 is 0 Å². The Labute approximate surface area is 120 Å². The number of carbonyl (C=O) groups is 1. The Bertz CT molecular complexity index is 672. The van der Waals surface area contributed by atoms with Gasteiger partial charge in [0.05, 0.1) is 36.1 Å². The number of aliphatic hydroxyl groups is 1. The van der Waals surface area contributed by atoms with Gasteiger partial charge < -0.3 is 10.4 Å². The van der Waals surface area contributed by atoms with E-state index < -0.39 is 17.8 Å². The van der Waals surface area contributed by atoms with Gasteiger partial charge in [0.2, 0.25) is 0 Å². The zero-order valence-corrected chi connectivity index (χ0v) is 11.4. The zero-order valence-electron chi connectivity index (χ0n) is 11.4. The second kappa shape index (κ2) is 5.25. The van der Waals surface area contributed by atoms with Crippen LogP contribution in [0.25, 0.3) is 0 Å². The van der Waals surface area contributed by atoms with Crippen LogP contribution in [0.2, 0.25) is 0 Å². The lowest BCUT2D eigenvalue weighted by atomic mass is 9.83. The van der Waals surface area contributed by atoms with E-state index in [1.807, 2.05) is 6.92 Å². The number of aromatic nitrogens is 3. The molecule has 2 N–H and O–H groups in total. The Morgan fingerprint density at radius 3 is 2.95 bits per heavy atom. The molecule has 3 atom stereocenters. The molecule has 2 aromatic heterocycles. The monoisotopic (exact) mass is 290 g/mol. The number of pyridine rings is 1. The number of aliphatic hydroxyl groups excluding tert-OH is 1. The molecule has 7 heteroatoms. The summed E-state index contributed by atoms with van der Waals surface area (Å²) in [6.07, 6.45) is 5.70. The van der Waals surface area contributed by atoms with E-state index in [4.69, 9.17) is 0 Å². The van der Waals surface area contributed by atoms with E-state index in [0.717, 1.165) is 11.8 Å². The summed E-state index contributed by atoms with van der Waals surface area (Å²) in [4.78, 5) is 15.7. The number of halogens is 1. The summed E-state index contributed by atoms with van der Waals surface area (Å²) in [5.74, 6) is -1.18. The highest BCUT2D eigenvalue weighted by atomic mass is 19.1. The molecule has 21 heavy (non-hydrogen) atoms. The highest BCUT2D eigenvalue weighted by Gasteiger charge is 2.43. The topological polar surface area (TPSA) is 80.0 Å². The molecule has 0 bridgehead atoms. The maximum absolute atomic E-state index is 13.5. The van der Waals surface area contributed by atoms with Crippen LogP contribution in [-0.2, 0) is 0 Å². The molecule has 6 nitrogen and oxygen atoms in total. The third-order valence-electron chi connectivity index (χ3n) is 3.67. The van der Waals surface area contributed by atoms with Gasteiger partial charge in [0.25, 0.3) is 5.91 Å². The third kappa shape index (κ3) is 2.52. The molecule has 0 radical (unpaired) electrons. The molecule has 1 amide bonds. The van der Waals surface area contributed by atoms with Gasteiger partial charge in [-0.25, -0.2) is 4.39 Å². The van der Waals surface area contributed by atoms with Gasteiger partial charge in [-0.1, -0.05) is 0 Å². The van der Waals surface area contributed by atoms with Crippen LogP contribution in [0.4, 0.5) is 4.39 Å². The number of rotatable bonds is 3. The molecule has 2 heterocycles. The van der Waals surface area contributed by atoms with Crippen molar-refractivity contribution >= 4 is 5.91 Å². The third-order valence-corrected chi connectivity index (χ3v) is 3.67. The minimum absolute atomic E-state index is 0.0539. The van der Waals surface area contributed by atoms with E-state index in [0.29, 0.717) is 6.42 Å². The molecule has 0 unspecified atom stereocenters. The predicted octanol–water partition coefficient (Wildman–Crippen LogP) is 0.830. The molecule has 0 aliphatic heterocycles. The van der Waals surface area contributed by atoms with Crippen molar-refractivity contribution in [2.24, 2.45) is 0 Å². The molecule has 110 valence electrons. The van der Waals surface area contributed by atoms with Crippen LogP contribution in [0.1, 0.15) is 28.4 Å². The lowest BCUT2D eigenvalue weighted by Crippen LogP contribution is -2.56. The number of amides is 1. The van der Waals surface area contributed by atoms with Crippen molar-refractivity contribution in [3.05, 3.63) is 47.8 Å². The van der Waals surface area contributed by atoms with Crippen molar-refractivity contribution in [2.45, 2.75) is 31.5 Å². The van der Waals surface area contributed by atoms with Crippen molar-refractivity contribution in [1.82, 2.24) is 20.1 Å². The van der Waals surface area contributed by atoms with E-state index >= 15 is 0 Å². The number of hydrogen-bond donors (Lipinski definition) is 2. The predicted molar refractivity (Wildman–Crippen MR) is 72.1 cm³/mol. The number of nitrogens with one attached hydrogen (secondary N) is 1. The van der Waals surface area contributed by atoms with Crippen LogP contribution in [0.3, 0.4) is 0 Å². The summed E-state index contributed by atoms with van der Waals surface area (Å²) >= 11 is 0. The van der Waals surface area contributed by atoms with Gasteiger partial charge >= 0.3 is 0 Å². The zero-order chi connectivity index (χ0) is 15.0. The first-order valence-electron chi connectivity index (χ1n) is 6.65. The highest BCUT2D eigenvalue weighted by molar-refractivity contribution is 5.94. The summed E-state index contributed by atoms with van der Waals surface area (Å²) in [5.41, 5.74) is 0.918. The number of hydrogen-bond acceptors (Lipinski definition) is 4. The van der Waals surface area contributed by atoms with Gasteiger partial charge in [-0.2, -0.15) is 5.10 Å².